The van der Waals surface area contributed by atoms with Crippen molar-refractivity contribution in [2.45, 2.75) is 38.5 Å². The number of carbonyl (C=O) groups is 2. The van der Waals surface area contributed by atoms with Gasteiger partial charge in [-0.05, 0) is 36.5 Å². The third-order valence-corrected chi connectivity index (χ3v) is 4.04. The van der Waals surface area contributed by atoms with Crippen LogP contribution in [0, 0.1) is 0 Å². The van der Waals surface area contributed by atoms with Gasteiger partial charge in [-0.15, -0.1) is 0 Å². The zero-order valence-electron chi connectivity index (χ0n) is 13.9. The molecule has 1 atom stereocenters. The Kier molecular flexibility index (Phi) is 6.55. The molecule has 0 saturated carbocycles. The highest BCUT2D eigenvalue weighted by Crippen LogP contribution is 2.24. The summed E-state index contributed by atoms with van der Waals surface area (Å²) in [6.07, 6.45) is 2.03. The van der Waals surface area contributed by atoms with Crippen LogP contribution in [0.3, 0.4) is 0 Å². The summed E-state index contributed by atoms with van der Waals surface area (Å²) in [6, 6.07) is 17.3. The number of amides is 1. The number of aryl methyl sites for hydroxylation is 1. The van der Waals surface area contributed by atoms with Crippen molar-refractivity contribution in [3.05, 3.63) is 65.7 Å². The van der Waals surface area contributed by atoms with Crippen LogP contribution in [0.4, 0.5) is 5.69 Å². The molecule has 0 heterocycles. The van der Waals surface area contributed by atoms with Crippen LogP contribution >= 0.6 is 0 Å². The molecule has 1 amide bonds. The lowest BCUT2D eigenvalue weighted by molar-refractivity contribution is -0.137. The van der Waals surface area contributed by atoms with Gasteiger partial charge in [-0.25, -0.2) is 0 Å². The van der Waals surface area contributed by atoms with Crippen molar-refractivity contribution in [2.75, 3.05) is 5.32 Å². The second kappa shape index (κ2) is 8.87. The lowest BCUT2D eigenvalue weighted by Gasteiger charge is -2.17. The molecular weight excluding hydrogens is 302 g/mol. The van der Waals surface area contributed by atoms with Crippen molar-refractivity contribution < 1.29 is 14.7 Å². The molecule has 1 unspecified atom stereocenters. The predicted molar refractivity (Wildman–Crippen MR) is 95.1 cm³/mol. The highest BCUT2D eigenvalue weighted by molar-refractivity contribution is 5.96. The normalized spacial score (nSPS) is 11.7. The monoisotopic (exact) mass is 325 g/mol. The Morgan fingerprint density at radius 3 is 2.38 bits per heavy atom. The van der Waals surface area contributed by atoms with Crippen LogP contribution in [0.1, 0.15) is 43.2 Å². The maximum atomic E-state index is 12.7. The standard InChI is InChI=1S/C20H23NO3/c1-2-17(15-9-4-3-5-10-15)20(24)21-18-13-7-6-11-16(18)12-8-14-19(22)23/h3-7,9-11,13,17H,2,8,12,14H2,1H3,(H,21,24)(H,22,23). The average molecular weight is 325 g/mol. The summed E-state index contributed by atoms with van der Waals surface area (Å²) in [5.41, 5.74) is 2.73. The Bertz CT molecular complexity index is 682. The van der Waals surface area contributed by atoms with Crippen molar-refractivity contribution in [3.8, 4) is 0 Å². The maximum Gasteiger partial charge on any atom is 0.303 e. The first kappa shape index (κ1) is 17.7. The number of carboxylic acids is 1. The Hall–Kier alpha value is -2.62. The fourth-order valence-corrected chi connectivity index (χ4v) is 2.77. The van der Waals surface area contributed by atoms with Gasteiger partial charge in [0.05, 0.1) is 5.92 Å². The van der Waals surface area contributed by atoms with Crippen LogP contribution in [-0.2, 0) is 16.0 Å². The van der Waals surface area contributed by atoms with Gasteiger partial charge in [0.2, 0.25) is 5.91 Å². The number of carbonyl (C=O) groups excluding carboxylic acids is 1. The lowest BCUT2D eigenvalue weighted by Crippen LogP contribution is -2.21. The summed E-state index contributed by atoms with van der Waals surface area (Å²) in [6.45, 7) is 2.00. The van der Waals surface area contributed by atoms with Crippen LogP contribution in [0.15, 0.2) is 54.6 Å². The molecule has 2 rings (SSSR count). The zero-order chi connectivity index (χ0) is 17.4. The van der Waals surface area contributed by atoms with Crippen molar-refractivity contribution in [3.63, 3.8) is 0 Å². The van der Waals surface area contributed by atoms with Gasteiger partial charge >= 0.3 is 5.97 Å². The van der Waals surface area contributed by atoms with E-state index in [4.69, 9.17) is 5.11 Å². The number of para-hydroxylation sites is 1. The molecule has 126 valence electrons. The first-order valence-corrected chi connectivity index (χ1v) is 8.27. The summed E-state index contributed by atoms with van der Waals surface area (Å²) in [4.78, 5) is 23.3. The minimum atomic E-state index is -0.799. The van der Waals surface area contributed by atoms with E-state index in [2.05, 4.69) is 5.32 Å². The molecule has 0 radical (unpaired) electrons. The molecule has 0 fully saturated rings. The summed E-state index contributed by atoms with van der Waals surface area (Å²) in [5, 5.41) is 11.8. The van der Waals surface area contributed by atoms with Gasteiger partial charge in [0.25, 0.3) is 0 Å². The van der Waals surface area contributed by atoms with Gasteiger partial charge in [-0.2, -0.15) is 0 Å². The topological polar surface area (TPSA) is 66.4 Å². The Balaban J connectivity index is 2.09. The molecular formula is C20H23NO3. The average Bonchev–Trinajstić information content (AvgIpc) is 2.58. The number of hydrogen-bond acceptors (Lipinski definition) is 2. The second-order valence-corrected chi connectivity index (χ2v) is 5.77. The van der Waals surface area contributed by atoms with Crippen molar-refractivity contribution in [2.24, 2.45) is 0 Å². The minimum Gasteiger partial charge on any atom is -0.481 e. The van der Waals surface area contributed by atoms with E-state index < -0.39 is 5.97 Å². The molecule has 0 aromatic heterocycles. The van der Waals surface area contributed by atoms with Gasteiger partial charge in [0.15, 0.2) is 0 Å². The highest BCUT2D eigenvalue weighted by Gasteiger charge is 2.19. The fourth-order valence-electron chi connectivity index (χ4n) is 2.77. The zero-order valence-corrected chi connectivity index (χ0v) is 13.9. The molecule has 0 saturated heterocycles. The van der Waals surface area contributed by atoms with E-state index >= 15 is 0 Å². The molecule has 2 aromatic rings. The van der Waals surface area contributed by atoms with Gasteiger partial charge in [-0.3, -0.25) is 9.59 Å². The molecule has 0 bridgehead atoms. The highest BCUT2D eigenvalue weighted by atomic mass is 16.4. The minimum absolute atomic E-state index is 0.0330. The van der Waals surface area contributed by atoms with E-state index in [1.165, 1.54) is 0 Å². The molecule has 24 heavy (non-hydrogen) atoms. The summed E-state index contributed by atoms with van der Waals surface area (Å²) >= 11 is 0. The summed E-state index contributed by atoms with van der Waals surface area (Å²) in [5.74, 6) is -1.03. The number of nitrogens with one attached hydrogen (secondary N) is 1. The van der Waals surface area contributed by atoms with E-state index in [0.29, 0.717) is 12.8 Å². The fraction of sp³-hybridized carbons (Fsp3) is 0.300. The van der Waals surface area contributed by atoms with E-state index in [1.807, 2.05) is 61.5 Å². The van der Waals surface area contributed by atoms with E-state index in [1.54, 1.807) is 0 Å². The lowest BCUT2D eigenvalue weighted by atomic mass is 9.95. The van der Waals surface area contributed by atoms with Crippen LogP contribution in [0.2, 0.25) is 0 Å². The van der Waals surface area contributed by atoms with Gasteiger partial charge < -0.3 is 10.4 Å². The maximum absolute atomic E-state index is 12.7. The number of aliphatic carboxylic acids is 1. The molecule has 0 aliphatic carbocycles. The Morgan fingerprint density at radius 1 is 1.04 bits per heavy atom. The molecule has 2 aromatic carbocycles. The van der Waals surface area contributed by atoms with E-state index in [-0.39, 0.29) is 18.2 Å². The Morgan fingerprint density at radius 2 is 1.71 bits per heavy atom. The van der Waals surface area contributed by atoms with Gasteiger partial charge in [0, 0.05) is 12.1 Å². The molecule has 4 heteroatoms. The van der Waals surface area contributed by atoms with Gasteiger partial charge in [-0.1, -0.05) is 55.5 Å². The largest absolute Gasteiger partial charge is 0.481 e. The van der Waals surface area contributed by atoms with Crippen LogP contribution in [0.25, 0.3) is 0 Å². The number of benzene rings is 2. The molecule has 0 aliphatic heterocycles. The SMILES string of the molecule is CCC(C(=O)Nc1ccccc1CCCC(=O)O)c1ccccc1. The molecule has 4 nitrogen and oxygen atoms in total. The van der Waals surface area contributed by atoms with E-state index in [9.17, 15) is 9.59 Å². The van der Waals surface area contributed by atoms with E-state index in [0.717, 1.165) is 23.2 Å². The smallest absolute Gasteiger partial charge is 0.303 e. The third-order valence-electron chi connectivity index (χ3n) is 4.04. The van der Waals surface area contributed by atoms with Crippen LogP contribution in [0.5, 0.6) is 0 Å². The number of hydrogen-bond donors (Lipinski definition) is 2. The first-order valence-electron chi connectivity index (χ1n) is 8.27. The first-order chi connectivity index (χ1) is 11.6. The third kappa shape index (κ3) is 4.95. The number of carboxylic acid groups (broad SMARTS) is 1. The quantitative estimate of drug-likeness (QED) is 0.763. The van der Waals surface area contributed by atoms with Crippen molar-refractivity contribution in [1.29, 1.82) is 0 Å². The molecule has 2 N–H and O–H groups in total. The number of rotatable bonds is 8. The van der Waals surface area contributed by atoms with Crippen molar-refractivity contribution >= 4 is 17.6 Å². The summed E-state index contributed by atoms with van der Waals surface area (Å²) in [7, 11) is 0. The molecule has 0 spiro atoms. The predicted octanol–water partition coefficient (Wildman–Crippen LogP) is 4.23. The molecule has 0 aliphatic rings. The second-order valence-electron chi connectivity index (χ2n) is 5.77. The van der Waals surface area contributed by atoms with Gasteiger partial charge in [0.1, 0.15) is 0 Å². The Labute approximate surface area is 142 Å². The number of anilines is 1. The van der Waals surface area contributed by atoms with Crippen LogP contribution in [-0.4, -0.2) is 17.0 Å². The summed E-state index contributed by atoms with van der Waals surface area (Å²) < 4.78 is 0. The van der Waals surface area contributed by atoms with Crippen molar-refractivity contribution in [1.82, 2.24) is 0 Å². The van der Waals surface area contributed by atoms with Crippen LogP contribution < -0.4 is 5.32 Å².